The summed E-state index contributed by atoms with van der Waals surface area (Å²) in [5.41, 5.74) is 20.8. The molecule has 2 aliphatic heterocycles. The SMILES string of the molecule is CC(C)N(C[C@H]1O[C@@H](n2cnc3c(N)ncnc32)[C@H](O)[C@@H]1O)C1CC(CCc2nc3ccc(C(C)(C)C)cc3[nH]2)C1.CC(C)N(C[C@H]1O[C@@H](n2cnc3c(N)ncnc32)[C@H](O)[C@@H]1O)C1CC(CCc2nc3ccc(C(C)(C)C)cc3[nH]2)C1. The number of benzene rings is 2. The van der Waals surface area contributed by atoms with E-state index in [4.69, 9.17) is 30.9 Å². The fraction of sp³-hybridized carbons (Fsp3) is 0.600. The first kappa shape index (κ1) is 57.6. The number of H-pyrrole nitrogens is 2. The minimum atomic E-state index is -1.11. The van der Waals surface area contributed by atoms with E-state index < -0.39 is 49.1 Å². The number of nitrogen functional groups attached to an aromatic ring is 2. The minimum Gasteiger partial charge on any atom is -0.387 e. The van der Waals surface area contributed by atoms with Crippen LogP contribution in [-0.2, 0) is 33.1 Å². The third-order valence-corrected chi connectivity index (χ3v) is 17.8. The van der Waals surface area contributed by atoms with Gasteiger partial charge in [0.2, 0.25) is 0 Å². The van der Waals surface area contributed by atoms with Crippen molar-refractivity contribution >= 4 is 56.0 Å². The van der Waals surface area contributed by atoms with Gasteiger partial charge in [-0.3, -0.25) is 18.9 Å². The van der Waals surface area contributed by atoms with Gasteiger partial charge in [-0.15, -0.1) is 0 Å². The zero-order valence-corrected chi connectivity index (χ0v) is 49.1. The van der Waals surface area contributed by atoms with Gasteiger partial charge in [-0.1, -0.05) is 53.7 Å². The van der Waals surface area contributed by atoms with Gasteiger partial charge in [0, 0.05) is 50.1 Å². The molecular weight excluding hydrogens is 1040 g/mol. The van der Waals surface area contributed by atoms with Crippen LogP contribution >= 0.6 is 0 Å². The Hall–Kier alpha value is -6.24. The summed E-state index contributed by atoms with van der Waals surface area (Å²) in [6.07, 6.45) is 7.26. The first-order valence-corrected chi connectivity index (χ1v) is 29.4. The van der Waals surface area contributed by atoms with Gasteiger partial charge in [0.25, 0.3) is 0 Å². The van der Waals surface area contributed by atoms with Gasteiger partial charge in [0.1, 0.15) is 72.0 Å². The molecule has 2 aromatic carbocycles. The number of nitrogens with two attached hydrogens (primary N) is 2. The van der Waals surface area contributed by atoms with Crippen LogP contribution in [0.25, 0.3) is 44.4 Å². The van der Waals surface area contributed by atoms with E-state index in [2.05, 4.69) is 155 Å². The number of aliphatic hydroxyl groups excluding tert-OH is 4. The third kappa shape index (κ3) is 11.6. The number of aromatic nitrogens is 12. The van der Waals surface area contributed by atoms with E-state index >= 15 is 0 Å². The van der Waals surface area contributed by atoms with Crippen molar-refractivity contribution in [3.05, 3.63) is 84.5 Å². The lowest BCUT2D eigenvalue weighted by molar-refractivity contribution is -0.0620. The number of hydrogen-bond donors (Lipinski definition) is 8. The Labute approximate surface area is 478 Å². The first-order chi connectivity index (χ1) is 39.0. The predicted molar refractivity (Wildman–Crippen MR) is 314 cm³/mol. The number of nitrogens with one attached hydrogen (secondary N) is 2. The van der Waals surface area contributed by atoms with Gasteiger partial charge >= 0.3 is 0 Å². The normalized spacial score (nSPS) is 27.0. The lowest BCUT2D eigenvalue weighted by Crippen LogP contribution is -2.52. The summed E-state index contributed by atoms with van der Waals surface area (Å²) in [7, 11) is 0. The summed E-state index contributed by atoms with van der Waals surface area (Å²) in [4.78, 5) is 46.6. The monoisotopic (exact) mass is 1120 g/mol. The first-order valence-electron chi connectivity index (χ1n) is 29.4. The number of fused-ring (bicyclic) bond motifs is 4. The standard InChI is InChI=1S/2C30H42N8O3/c2*1-16(2)37(13-22-25(39)26(40)29(41-22)38-15-34-24-27(31)32-14-33-28(24)38)19-10-17(11-19)6-9-23-35-20-8-7-18(30(3,4)5)12-21(20)36-23/h2*7-8,12,14-17,19,22,25-26,29,39-40H,6,9-11,13H2,1-5H3,(H,35,36)(H2,31,32,33)/t2*17?,19?,22-,25-,26-,29-/m11/s1. The Kier molecular flexibility index (Phi) is 16.0. The summed E-state index contributed by atoms with van der Waals surface area (Å²) in [5, 5.41) is 43.7. The third-order valence-electron chi connectivity index (χ3n) is 17.8. The number of aliphatic hydroxyl groups is 4. The number of ether oxygens (including phenoxy) is 2. The summed E-state index contributed by atoms with van der Waals surface area (Å²) >= 11 is 0. The fourth-order valence-electron chi connectivity index (χ4n) is 12.7. The second-order valence-electron chi connectivity index (χ2n) is 26.2. The molecule has 22 heteroatoms. The molecule has 0 radical (unpaired) electrons. The van der Waals surface area contributed by atoms with Gasteiger partial charge in [0.05, 0.1) is 34.7 Å². The number of imidazole rings is 4. The molecule has 12 rings (SSSR count). The molecule has 0 amide bonds. The zero-order valence-electron chi connectivity index (χ0n) is 49.1. The average molecular weight is 1130 g/mol. The summed E-state index contributed by atoms with van der Waals surface area (Å²) in [6, 6.07) is 14.4. The lowest BCUT2D eigenvalue weighted by Gasteiger charge is -2.46. The number of hydrogen-bond acceptors (Lipinski definition) is 18. The number of rotatable bonds is 16. The average Bonchev–Trinajstić information content (AvgIpc) is 4.41. The molecule has 4 fully saturated rings. The molecule has 22 nitrogen and oxygen atoms in total. The van der Waals surface area contributed by atoms with E-state index in [-0.39, 0.29) is 34.5 Å². The maximum Gasteiger partial charge on any atom is 0.167 e. The molecule has 2 saturated heterocycles. The number of anilines is 2. The van der Waals surface area contributed by atoms with Crippen LogP contribution in [0.2, 0.25) is 0 Å². The van der Waals surface area contributed by atoms with Crippen LogP contribution in [-0.4, -0.2) is 163 Å². The van der Waals surface area contributed by atoms with Crippen molar-refractivity contribution in [2.75, 3.05) is 24.6 Å². The van der Waals surface area contributed by atoms with Crippen molar-refractivity contribution < 1.29 is 29.9 Å². The lowest BCUT2D eigenvalue weighted by atomic mass is 9.76. The molecule has 4 aliphatic rings. The molecule has 0 unspecified atom stereocenters. The van der Waals surface area contributed by atoms with Crippen molar-refractivity contribution in [1.29, 1.82) is 0 Å². The highest BCUT2D eigenvalue weighted by atomic mass is 16.6. The van der Waals surface area contributed by atoms with Crippen molar-refractivity contribution in [1.82, 2.24) is 68.8 Å². The van der Waals surface area contributed by atoms with Crippen molar-refractivity contribution in [2.24, 2.45) is 11.8 Å². The molecule has 2 aliphatic carbocycles. The van der Waals surface area contributed by atoms with E-state index in [1.54, 1.807) is 9.13 Å². The quantitative estimate of drug-likeness (QED) is 0.0502. The topological polar surface area (TPSA) is 302 Å². The molecule has 6 aromatic heterocycles. The van der Waals surface area contributed by atoms with E-state index in [0.717, 1.165) is 85.1 Å². The largest absolute Gasteiger partial charge is 0.387 e. The van der Waals surface area contributed by atoms with E-state index in [0.29, 0.717) is 59.3 Å². The highest BCUT2D eigenvalue weighted by molar-refractivity contribution is 5.82. The molecule has 0 bridgehead atoms. The van der Waals surface area contributed by atoms with E-state index in [9.17, 15) is 20.4 Å². The fourth-order valence-corrected chi connectivity index (χ4v) is 12.7. The van der Waals surface area contributed by atoms with Crippen molar-refractivity contribution in [2.45, 2.75) is 205 Å². The van der Waals surface area contributed by atoms with Gasteiger partial charge in [0.15, 0.2) is 35.4 Å². The van der Waals surface area contributed by atoms with Crippen LogP contribution in [0, 0.1) is 11.8 Å². The van der Waals surface area contributed by atoms with E-state index in [1.165, 1.54) is 36.4 Å². The van der Waals surface area contributed by atoms with Gasteiger partial charge in [-0.25, -0.2) is 39.9 Å². The smallest absolute Gasteiger partial charge is 0.167 e. The van der Waals surface area contributed by atoms with Crippen LogP contribution in [0.15, 0.2) is 61.7 Å². The second kappa shape index (κ2) is 22.7. The number of nitrogens with zero attached hydrogens (tertiary/aromatic N) is 12. The molecular formula is C60H84N16O6. The molecule has 440 valence electrons. The molecule has 2 saturated carbocycles. The number of aryl methyl sites for hydroxylation is 2. The number of aromatic amines is 2. The van der Waals surface area contributed by atoms with Crippen LogP contribution in [0.5, 0.6) is 0 Å². The minimum absolute atomic E-state index is 0.110. The highest BCUT2D eigenvalue weighted by Crippen LogP contribution is 2.41. The Bertz CT molecular complexity index is 3270. The molecule has 8 aromatic rings. The van der Waals surface area contributed by atoms with Crippen molar-refractivity contribution in [3.8, 4) is 0 Å². The van der Waals surface area contributed by atoms with Gasteiger partial charge in [-0.2, -0.15) is 0 Å². The molecule has 0 spiro atoms. The summed E-state index contributed by atoms with van der Waals surface area (Å²) in [6.45, 7) is 23.1. The Morgan fingerprint density at radius 3 is 1.33 bits per heavy atom. The Morgan fingerprint density at radius 1 is 0.573 bits per heavy atom. The van der Waals surface area contributed by atoms with Crippen LogP contribution in [0.1, 0.15) is 143 Å². The molecule has 8 atom stereocenters. The van der Waals surface area contributed by atoms with Crippen molar-refractivity contribution in [3.63, 3.8) is 0 Å². The second-order valence-corrected chi connectivity index (χ2v) is 26.2. The van der Waals surface area contributed by atoms with Crippen LogP contribution in [0.4, 0.5) is 11.6 Å². The van der Waals surface area contributed by atoms with Gasteiger partial charge in [-0.05, 0) is 124 Å². The molecule has 8 heterocycles. The maximum atomic E-state index is 10.9. The Morgan fingerprint density at radius 2 is 0.963 bits per heavy atom. The summed E-state index contributed by atoms with van der Waals surface area (Å²) in [5.74, 6) is 3.90. The Balaban J connectivity index is 0.000000172. The molecule has 10 N–H and O–H groups in total. The highest BCUT2D eigenvalue weighted by Gasteiger charge is 2.48. The van der Waals surface area contributed by atoms with Crippen LogP contribution in [0.3, 0.4) is 0 Å². The van der Waals surface area contributed by atoms with Gasteiger partial charge < -0.3 is 51.3 Å². The zero-order chi connectivity index (χ0) is 58.1. The predicted octanol–water partition coefficient (Wildman–Crippen LogP) is 6.65. The molecule has 82 heavy (non-hydrogen) atoms. The summed E-state index contributed by atoms with van der Waals surface area (Å²) < 4.78 is 15.7. The van der Waals surface area contributed by atoms with Crippen LogP contribution < -0.4 is 11.5 Å². The maximum absolute atomic E-state index is 10.9. The van der Waals surface area contributed by atoms with E-state index in [1.807, 2.05) is 0 Å².